The van der Waals surface area contributed by atoms with Gasteiger partial charge < -0.3 is 24.8 Å². The Bertz CT molecular complexity index is 909. The van der Waals surface area contributed by atoms with Gasteiger partial charge in [-0.15, -0.1) is 0 Å². The van der Waals surface area contributed by atoms with E-state index in [9.17, 15) is 9.59 Å². The minimum Gasteiger partial charge on any atom is -0.368 e. The van der Waals surface area contributed by atoms with Crippen LogP contribution in [0.25, 0.3) is 10.9 Å². The van der Waals surface area contributed by atoms with Crippen LogP contribution in [0.2, 0.25) is 5.02 Å². The first-order valence-corrected chi connectivity index (χ1v) is 11.1. The SMILES string of the molecule is CN(C(=O)NCc1cc2cc(Cl)ccc2[nH]1)C1CCCN(C(=O)C2CCCCO2)C1. The van der Waals surface area contributed by atoms with Crippen LogP contribution in [0.5, 0.6) is 0 Å². The third kappa shape index (κ3) is 4.73. The monoisotopic (exact) mass is 432 g/mol. The highest BCUT2D eigenvalue weighted by molar-refractivity contribution is 6.31. The number of nitrogens with zero attached hydrogens (tertiary/aromatic N) is 2. The number of rotatable bonds is 4. The van der Waals surface area contributed by atoms with Gasteiger partial charge in [0.1, 0.15) is 6.10 Å². The molecule has 1 aromatic carbocycles. The van der Waals surface area contributed by atoms with Gasteiger partial charge in [0, 0.05) is 48.4 Å². The number of carbonyl (C=O) groups is 2. The maximum Gasteiger partial charge on any atom is 0.317 e. The lowest BCUT2D eigenvalue weighted by Gasteiger charge is -2.39. The molecule has 2 unspecified atom stereocenters. The van der Waals surface area contributed by atoms with Gasteiger partial charge in [0.2, 0.25) is 0 Å². The molecule has 3 amide bonds. The molecule has 162 valence electrons. The second-order valence-corrected chi connectivity index (χ2v) is 8.67. The molecule has 2 aliphatic heterocycles. The molecule has 8 heteroatoms. The average Bonchev–Trinajstić information content (AvgIpc) is 3.19. The third-order valence-corrected chi connectivity index (χ3v) is 6.34. The molecule has 0 spiro atoms. The van der Waals surface area contributed by atoms with E-state index in [0.29, 0.717) is 24.7 Å². The zero-order valence-electron chi connectivity index (χ0n) is 17.3. The number of ether oxygens (including phenoxy) is 1. The summed E-state index contributed by atoms with van der Waals surface area (Å²) in [5.41, 5.74) is 1.91. The lowest BCUT2D eigenvalue weighted by molar-refractivity contribution is -0.148. The largest absolute Gasteiger partial charge is 0.368 e. The van der Waals surface area contributed by atoms with Crippen LogP contribution < -0.4 is 5.32 Å². The minimum atomic E-state index is -0.313. The molecule has 4 rings (SSSR count). The van der Waals surface area contributed by atoms with Crippen molar-refractivity contribution < 1.29 is 14.3 Å². The van der Waals surface area contributed by atoms with E-state index in [1.165, 1.54) is 0 Å². The van der Waals surface area contributed by atoms with Crippen LogP contribution in [0.4, 0.5) is 4.79 Å². The maximum absolute atomic E-state index is 12.8. The molecule has 30 heavy (non-hydrogen) atoms. The smallest absolute Gasteiger partial charge is 0.317 e. The van der Waals surface area contributed by atoms with Crippen molar-refractivity contribution in [3.8, 4) is 0 Å². The van der Waals surface area contributed by atoms with Crippen LogP contribution >= 0.6 is 11.6 Å². The fraction of sp³-hybridized carbons (Fsp3) is 0.545. The number of aromatic amines is 1. The molecule has 0 bridgehead atoms. The van der Waals surface area contributed by atoms with Crippen molar-refractivity contribution in [2.45, 2.75) is 50.8 Å². The highest BCUT2D eigenvalue weighted by Gasteiger charge is 2.32. The Balaban J connectivity index is 1.31. The fourth-order valence-corrected chi connectivity index (χ4v) is 4.51. The van der Waals surface area contributed by atoms with E-state index in [-0.39, 0.29) is 24.1 Å². The molecule has 2 atom stereocenters. The Labute approximate surface area is 181 Å². The molecule has 2 aromatic rings. The van der Waals surface area contributed by atoms with Crippen LogP contribution in [0.3, 0.4) is 0 Å². The summed E-state index contributed by atoms with van der Waals surface area (Å²) in [6.45, 7) is 2.37. The molecule has 2 N–H and O–H groups in total. The summed E-state index contributed by atoms with van der Waals surface area (Å²) in [6, 6.07) is 7.53. The number of halogens is 1. The third-order valence-electron chi connectivity index (χ3n) is 6.10. The number of fused-ring (bicyclic) bond motifs is 1. The van der Waals surface area contributed by atoms with Gasteiger partial charge in [-0.05, 0) is 56.4 Å². The number of aromatic nitrogens is 1. The Morgan fingerprint density at radius 3 is 2.93 bits per heavy atom. The number of nitrogens with one attached hydrogen (secondary N) is 2. The second kappa shape index (κ2) is 9.27. The molecule has 0 saturated carbocycles. The summed E-state index contributed by atoms with van der Waals surface area (Å²) in [7, 11) is 1.80. The van der Waals surface area contributed by atoms with Gasteiger partial charge in [0.05, 0.1) is 12.6 Å². The molecule has 2 saturated heterocycles. The first kappa shape index (κ1) is 21.0. The number of hydrogen-bond acceptors (Lipinski definition) is 3. The van der Waals surface area contributed by atoms with Gasteiger partial charge in [-0.1, -0.05) is 11.6 Å². The predicted molar refractivity (Wildman–Crippen MR) is 117 cm³/mol. The molecule has 0 radical (unpaired) electrons. The molecule has 1 aromatic heterocycles. The van der Waals surface area contributed by atoms with Crippen molar-refractivity contribution in [1.82, 2.24) is 20.1 Å². The topological polar surface area (TPSA) is 77.7 Å². The Kier molecular flexibility index (Phi) is 6.49. The van der Waals surface area contributed by atoms with Crippen molar-refractivity contribution in [1.29, 1.82) is 0 Å². The zero-order valence-corrected chi connectivity index (χ0v) is 18.1. The number of carbonyl (C=O) groups excluding carboxylic acids is 2. The zero-order chi connectivity index (χ0) is 21.1. The van der Waals surface area contributed by atoms with E-state index in [0.717, 1.165) is 55.2 Å². The molecular weight excluding hydrogens is 404 g/mol. The van der Waals surface area contributed by atoms with Crippen LogP contribution in [-0.4, -0.2) is 65.6 Å². The van der Waals surface area contributed by atoms with Gasteiger partial charge in [-0.2, -0.15) is 0 Å². The van der Waals surface area contributed by atoms with Crippen molar-refractivity contribution in [2.75, 3.05) is 26.7 Å². The van der Waals surface area contributed by atoms with Gasteiger partial charge in [0.15, 0.2) is 0 Å². The summed E-state index contributed by atoms with van der Waals surface area (Å²) in [4.78, 5) is 32.4. The molecular formula is C22H29ClN4O3. The Morgan fingerprint density at radius 2 is 2.13 bits per heavy atom. The van der Waals surface area contributed by atoms with Gasteiger partial charge >= 0.3 is 6.03 Å². The van der Waals surface area contributed by atoms with Crippen LogP contribution in [0, 0.1) is 0 Å². The molecule has 3 heterocycles. The maximum atomic E-state index is 12.8. The first-order valence-electron chi connectivity index (χ1n) is 10.7. The number of likely N-dealkylation sites (N-methyl/N-ethyl adjacent to an activating group) is 1. The molecule has 2 aliphatic rings. The van der Waals surface area contributed by atoms with Gasteiger partial charge in [-0.3, -0.25) is 4.79 Å². The number of hydrogen-bond donors (Lipinski definition) is 2. The van der Waals surface area contributed by atoms with Crippen LogP contribution in [-0.2, 0) is 16.1 Å². The van der Waals surface area contributed by atoms with Crippen LogP contribution in [0.1, 0.15) is 37.8 Å². The molecule has 7 nitrogen and oxygen atoms in total. The average molecular weight is 433 g/mol. The summed E-state index contributed by atoms with van der Waals surface area (Å²) < 4.78 is 5.66. The number of amides is 3. The van der Waals surface area contributed by atoms with Crippen molar-refractivity contribution >= 4 is 34.4 Å². The minimum absolute atomic E-state index is 0.00723. The Morgan fingerprint density at radius 1 is 1.27 bits per heavy atom. The summed E-state index contributed by atoms with van der Waals surface area (Å²) in [5, 5.41) is 4.68. The molecule has 2 fully saturated rings. The van der Waals surface area contributed by atoms with Crippen molar-refractivity contribution in [3.05, 3.63) is 35.0 Å². The number of piperidine rings is 1. The quantitative estimate of drug-likeness (QED) is 0.775. The first-order chi connectivity index (χ1) is 14.5. The lowest BCUT2D eigenvalue weighted by Crippen LogP contribution is -2.54. The van der Waals surface area contributed by atoms with Crippen molar-refractivity contribution in [2.24, 2.45) is 0 Å². The number of H-pyrrole nitrogens is 1. The van der Waals surface area contributed by atoms with E-state index in [2.05, 4.69) is 10.3 Å². The standard InChI is InChI=1S/C22H29ClN4O3/c1-26(18-5-4-9-27(14-18)21(28)20-6-2-3-10-30-20)22(29)24-13-17-12-15-11-16(23)7-8-19(15)25-17/h7-8,11-12,18,20,25H,2-6,9-10,13-14H2,1H3,(H,24,29). The predicted octanol–water partition coefficient (Wildman–Crippen LogP) is 3.52. The van der Waals surface area contributed by atoms with Crippen LogP contribution in [0.15, 0.2) is 24.3 Å². The highest BCUT2D eigenvalue weighted by Crippen LogP contribution is 2.21. The number of likely N-dealkylation sites (tertiary alicyclic amines) is 1. The number of urea groups is 1. The fourth-order valence-electron chi connectivity index (χ4n) is 4.33. The van der Waals surface area contributed by atoms with E-state index in [1.54, 1.807) is 11.9 Å². The Hall–Kier alpha value is -2.25. The molecule has 0 aliphatic carbocycles. The van der Waals surface area contributed by atoms with Gasteiger partial charge in [-0.25, -0.2) is 4.79 Å². The summed E-state index contributed by atoms with van der Waals surface area (Å²) in [5.74, 6) is 0.0740. The summed E-state index contributed by atoms with van der Waals surface area (Å²) >= 11 is 6.04. The lowest BCUT2D eigenvalue weighted by atomic mass is 10.0. The van der Waals surface area contributed by atoms with Crippen molar-refractivity contribution in [3.63, 3.8) is 0 Å². The van der Waals surface area contributed by atoms with E-state index in [1.807, 2.05) is 29.2 Å². The summed E-state index contributed by atoms with van der Waals surface area (Å²) in [6.07, 6.45) is 4.33. The number of benzene rings is 1. The second-order valence-electron chi connectivity index (χ2n) is 8.23. The highest BCUT2D eigenvalue weighted by atomic mass is 35.5. The van der Waals surface area contributed by atoms with E-state index < -0.39 is 0 Å². The normalized spacial score (nSPS) is 22.1. The van der Waals surface area contributed by atoms with Gasteiger partial charge in [0.25, 0.3) is 5.91 Å². The van der Waals surface area contributed by atoms with E-state index >= 15 is 0 Å². The van der Waals surface area contributed by atoms with E-state index in [4.69, 9.17) is 16.3 Å².